The molecule has 2 aromatic rings. The highest BCUT2D eigenvalue weighted by Gasteiger charge is 2.53. The number of fused-ring (bicyclic) bond motifs is 1. The minimum absolute atomic E-state index is 0.310. The first kappa shape index (κ1) is 11.1. The van der Waals surface area contributed by atoms with Crippen LogP contribution in [0.3, 0.4) is 0 Å². The summed E-state index contributed by atoms with van der Waals surface area (Å²) in [4.78, 5) is 12.7. The number of rotatable bonds is 1. The van der Waals surface area contributed by atoms with E-state index in [4.69, 9.17) is 10.7 Å². The van der Waals surface area contributed by atoms with Gasteiger partial charge in [0.2, 0.25) is 0 Å². The third-order valence-electron chi connectivity index (χ3n) is 5.91. The highest BCUT2D eigenvalue weighted by atomic mass is 15.0. The van der Waals surface area contributed by atoms with E-state index in [0.717, 1.165) is 28.9 Å². The molecular weight excluding hydrogens is 248 g/mol. The van der Waals surface area contributed by atoms with Crippen LogP contribution >= 0.6 is 0 Å². The highest BCUT2D eigenvalue weighted by Crippen LogP contribution is 2.60. The van der Waals surface area contributed by atoms with Gasteiger partial charge in [0.05, 0.1) is 5.52 Å². The molecule has 4 aliphatic carbocycles. The molecule has 6 rings (SSSR count). The van der Waals surface area contributed by atoms with E-state index in [1.165, 1.54) is 44.3 Å². The second-order valence-corrected chi connectivity index (χ2v) is 7.39. The first-order valence-electron chi connectivity index (χ1n) is 7.83. The predicted octanol–water partition coefficient (Wildman–Crippen LogP) is 3.01. The number of hydrogen-bond acceptors (Lipinski definition) is 3. The molecule has 3 N–H and O–H groups in total. The molecule has 0 unspecified atom stereocenters. The Kier molecular flexibility index (Phi) is 1.97. The zero-order valence-electron chi connectivity index (χ0n) is 11.6. The van der Waals surface area contributed by atoms with Crippen molar-refractivity contribution in [1.29, 1.82) is 0 Å². The Hall–Kier alpha value is -1.58. The summed E-state index contributed by atoms with van der Waals surface area (Å²) in [5, 5.41) is 0. The fraction of sp³-hybridized carbons (Fsp3) is 0.625. The molecule has 4 heteroatoms. The molecule has 104 valence electrons. The van der Waals surface area contributed by atoms with Gasteiger partial charge in [0.15, 0.2) is 5.65 Å². The number of aromatic amines is 1. The number of pyridine rings is 1. The summed E-state index contributed by atoms with van der Waals surface area (Å²) in [7, 11) is 0. The zero-order chi connectivity index (χ0) is 13.3. The lowest BCUT2D eigenvalue weighted by atomic mass is 9.49. The summed E-state index contributed by atoms with van der Waals surface area (Å²) < 4.78 is 0. The van der Waals surface area contributed by atoms with E-state index >= 15 is 0 Å². The maximum absolute atomic E-state index is 5.77. The van der Waals surface area contributed by atoms with Crippen LogP contribution in [-0.4, -0.2) is 15.0 Å². The molecule has 0 aliphatic heterocycles. The topological polar surface area (TPSA) is 67.6 Å². The van der Waals surface area contributed by atoms with Crippen LogP contribution in [0.2, 0.25) is 0 Å². The van der Waals surface area contributed by atoms with Gasteiger partial charge >= 0.3 is 0 Å². The Morgan fingerprint density at radius 2 is 1.65 bits per heavy atom. The monoisotopic (exact) mass is 268 g/mol. The van der Waals surface area contributed by atoms with Gasteiger partial charge in [-0.2, -0.15) is 0 Å². The van der Waals surface area contributed by atoms with Crippen LogP contribution in [-0.2, 0) is 5.41 Å². The van der Waals surface area contributed by atoms with Gasteiger partial charge in [-0.25, -0.2) is 9.97 Å². The van der Waals surface area contributed by atoms with Crippen LogP contribution in [0, 0.1) is 17.8 Å². The SMILES string of the molecule is Nc1ccc2[nH]c(C34CC5CC(CC(C5)C3)C4)nc2n1. The number of anilines is 1. The summed E-state index contributed by atoms with van der Waals surface area (Å²) in [5.41, 5.74) is 7.90. The van der Waals surface area contributed by atoms with Gasteiger partial charge in [-0.1, -0.05) is 0 Å². The van der Waals surface area contributed by atoms with Crippen LogP contribution in [0.1, 0.15) is 44.3 Å². The number of imidazole rings is 1. The Morgan fingerprint density at radius 1 is 1.00 bits per heavy atom. The van der Waals surface area contributed by atoms with E-state index in [-0.39, 0.29) is 0 Å². The number of aromatic nitrogens is 3. The molecule has 4 bridgehead atoms. The molecule has 0 atom stereocenters. The zero-order valence-corrected chi connectivity index (χ0v) is 11.6. The summed E-state index contributed by atoms with van der Waals surface area (Å²) in [6, 6.07) is 3.86. The second kappa shape index (κ2) is 3.54. The number of nitrogens with zero attached hydrogens (tertiary/aromatic N) is 2. The third kappa shape index (κ3) is 1.42. The number of nitrogens with two attached hydrogens (primary N) is 1. The van der Waals surface area contributed by atoms with Gasteiger partial charge in [-0.15, -0.1) is 0 Å². The van der Waals surface area contributed by atoms with Crippen molar-refractivity contribution in [2.24, 2.45) is 17.8 Å². The molecule has 2 aromatic heterocycles. The largest absolute Gasteiger partial charge is 0.384 e. The van der Waals surface area contributed by atoms with E-state index in [1.54, 1.807) is 0 Å². The van der Waals surface area contributed by atoms with Crippen molar-refractivity contribution < 1.29 is 0 Å². The van der Waals surface area contributed by atoms with Crippen molar-refractivity contribution in [1.82, 2.24) is 15.0 Å². The maximum atomic E-state index is 5.77. The fourth-order valence-corrected chi connectivity index (χ4v) is 5.56. The van der Waals surface area contributed by atoms with Crippen LogP contribution < -0.4 is 5.73 Å². The molecule has 4 aliphatic rings. The maximum Gasteiger partial charge on any atom is 0.179 e. The molecule has 4 nitrogen and oxygen atoms in total. The number of nitrogens with one attached hydrogen (secondary N) is 1. The molecule has 0 amide bonds. The lowest BCUT2D eigenvalue weighted by molar-refractivity contribution is -0.00887. The summed E-state index contributed by atoms with van der Waals surface area (Å²) in [6.07, 6.45) is 8.37. The summed E-state index contributed by atoms with van der Waals surface area (Å²) in [6.45, 7) is 0. The van der Waals surface area contributed by atoms with Crippen LogP contribution in [0.4, 0.5) is 5.82 Å². The van der Waals surface area contributed by atoms with E-state index in [9.17, 15) is 0 Å². The Labute approximate surface area is 118 Å². The van der Waals surface area contributed by atoms with Gasteiger partial charge in [0.25, 0.3) is 0 Å². The van der Waals surface area contributed by atoms with Crippen LogP contribution in [0.15, 0.2) is 12.1 Å². The number of nitrogen functional groups attached to an aromatic ring is 1. The molecule has 4 saturated carbocycles. The van der Waals surface area contributed by atoms with E-state index in [2.05, 4.69) is 9.97 Å². The van der Waals surface area contributed by atoms with Gasteiger partial charge in [0, 0.05) is 5.41 Å². The summed E-state index contributed by atoms with van der Waals surface area (Å²) >= 11 is 0. The standard InChI is InChI=1S/C16H20N4/c17-13-2-1-12-14(19-13)20-15(18-12)16-6-9-3-10(7-16)5-11(4-9)8-16/h1-2,9-11H,3-8H2,(H3,17,18,19,20). The van der Waals surface area contributed by atoms with E-state index < -0.39 is 0 Å². The number of H-pyrrole nitrogens is 1. The summed E-state index contributed by atoms with van der Waals surface area (Å²) in [5.74, 6) is 4.55. The van der Waals surface area contributed by atoms with E-state index in [0.29, 0.717) is 11.2 Å². The van der Waals surface area contributed by atoms with Crippen LogP contribution in [0.25, 0.3) is 11.2 Å². The molecular formula is C16H20N4. The Bertz CT molecular complexity index is 652. The third-order valence-corrected chi connectivity index (χ3v) is 5.91. The van der Waals surface area contributed by atoms with Crippen molar-refractivity contribution in [3.8, 4) is 0 Å². The predicted molar refractivity (Wildman–Crippen MR) is 78.2 cm³/mol. The molecule has 0 spiro atoms. The number of hydrogen-bond donors (Lipinski definition) is 2. The molecule has 20 heavy (non-hydrogen) atoms. The Balaban J connectivity index is 1.63. The lowest BCUT2D eigenvalue weighted by Crippen LogP contribution is -2.49. The molecule has 0 aromatic carbocycles. The van der Waals surface area contributed by atoms with Crippen molar-refractivity contribution in [2.45, 2.75) is 43.9 Å². The lowest BCUT2D eigenvalue weighted by Gasteiger charge is -2.55. The van der Waals surface area contributed by atoms with Crippen molar-refractivity contribution >= 4 is 17.0 Å². The highest BCUT2D eigenvalue weighted by molar-refractivity contribution is 5.72. The normalized spacial score (nSPS) is 38.7. The van der Waals surface area contributed by atoms with Crippen molar-refractivity contribution in [3.63, 3.8) is 0 Å². The van der Waals surface area contributed by atoms with Gasteiger partial charge in [-0.3, -0.25) is 0 Å². The smallest absolute Gasteiger partial charge is 0.179 e. The molecule has 4 fully saturated rings. The minimum Gasteiger partial charge on any atom is -0.384 e. The first-order valence-corrected chi connectivity index (χ1v) is 7.83. The van der Waals surface area contributed by atoms with Gasteiger partial charge in [0.1, 0.15) is 11.6 Å². The van der Waals surface area contributed by atoms with Crippen molar-refractivity contribution in [2.75, 3.05) is 5.73 Å². The van der Waals surface area contributed by atoms with Crippen molar-refractivity contribution in [3.05, 3.63) is 18.0 Å². The molecule has 0 radical (unpaired) electrons. The molecule has 0 saturated heterocycles. The molecule has 2 heterocycles. The average molecular weight is 268 g/mol. The Morgan fingerprint density at radius 3 is 2.30 bits per heavy atom. The van der Waals surface area contributed by atoms with Gasteiger partial charge in [-0.05, 0) is 68.4 Å². The fourth-order valence-electron chi connectivity index (χ4n) is 5.56. The quantitative estimate of drug-likeness (QED) is 0.835. The van der Waals surface area contributed by atoms with Crippen LogP contribution in [0.5, 0.6) is 0 Å². The second-order valence-electron chi connectivity index (χ2n) is 7.39. The minimum atomic E-state index is 0.310. The van der Waals surface area contributed by atoms with Gasteiger partial charge < -0.3 is 10.7 Å². The first-order chi connectivity index (χ1) is 9.70. The average Bonchev–Trinajstić information content (AvgIpc) is 2.80. The van der Waals surface area contributed by atoms with E-state index in [1.807, 2.05) is 12.1 Å².